The van der Waals surface area contributed by atoms with E-state index in [2.05, 4.69) is 15.6 Å². The topological polar surface area (TPSA) is 134 Å². The molecule has 2 aromatic rings. The van der Waals surface area contributed by atoms with Crippen molar-refractivity contribution in [1.82, 2.24) is 20.5 Å². The molecule has 0 spiro atoms. The molecule has 0 radical (unpaired) electrons. The summed E-state index contributed by atoms with van der Waals surface area (Å²) in [5.41, 5.74) is 6.98. The lowest BCUT2D eigenvalue weighted by atomic mass is 10.0. The van der Waals surface area contributed by atoms with Crippen LogP contribution in [0.4, 0.5) is 5.13 Å². The van der Waals surface area contributed by atoms with Crippen LogP contribution >= 0.6 is 11.3 Å². The van der Waals surface area contributed by atoms with Gasteiger partial charge in [-0.1, -0.05) is 6.07 Å². The number of piperidine rings is 1. The van der Waals surface area contributed by atoms with Gasteiger partial charge in [0.05, 0.1) is 11.1 Å². The van der Waals surface area contributed by atoms with E-state index in [-0.39, 0.29) is 24.0 Å². The van der Waals surface area contributed by atoms with Crippen molar-refractivity contribution in [2.45, 2.75) is 32.0 Å². The summed E-state index contributed by atoms with van der Waals surface area (Å²) in [6.07, 6.45) is 1.94. The number of rotatable bonds is 5. The van der Waals surface area contributed by atoms with Crippen LogP contribution in [0.25, 0.3) is 0 Å². The Balaban J connectivity index is 1.47. The van der Waals surface area contributed by atoms with E-state index in [9.17, 15) is 19.2 Å². The molecule has 4 amide bonds. The first kappa shape index (κ1) is 18.3. The zero-order chi connectivity index (χ0) is 19.8. The van der Waals surface area contributed by atoms with Crippen LogP contribution in [0.3, 0.4) is 0 Å². The molecule has 0 saturated carbocycles. The number of amides is 4. The number of carbonyl (C=O) groups excluding carboxylic acids is 4. The number of nitrogen functional groups attached to an aromatic ring is 1. The van der Waals surface area contributed by atoms with Crippen molar-refractivity contribution in [2.75, 3.05) is 5.73 Å². The summed E-state index contributed by atoms with van der Waals surface area (Å²) in [4.78, 5) is 54.8. The first-order valence-electron chi connectivity index (χ1n) is 8.69. The quantitative estimate of drug-likeness (QED) is 0.620. The summed E-state index contributed by atoms with van der Waals surface area (Å²) in [5.74, 6) is -2.02. The molecule has 1 fully saturated rings. The number of nitrogens with zero attached hydrogens (tertiary/aromatic N) is 2. The Hall–Kier alpha value is -3.11. The molecular weight excluding hydrogens is 382 g/mol. The molecule has 1 saturated heterocycles. The minimum Gasteiger partial charge on any atom is -0.375 e. The van der Waals surface area contributed by atoms with E-state index in [1.165, 1.54) is 11.3 Å². The average molecular weight is 399 g/mol. The van der Waals surface area contributed by atoms with Crippen LogP contribution in [-0.2, 0) is 22.7 Å². The van der Waals surface area contributed by atoms with E-state index in [1.807, 2.05) is 0 Å². The number of aromatic nitrogens is 1. The number of nitrogens with one attached hydrogen (secondary N) is 2. The van der Waals surface area contributed by atoms with Gasteiger partial charge < -0.3 is 11.1 Å². The number of carbonyl (C=O) groups is 4. The largest absolute Gasteiger partial charge is 0.375 e. The van der Waals surface area contributed by atoms with Gasteiger partial charge in [0.25, 0.3) is 11.8 Å². The summed E-state index contributed by atoms with van der Waals surface area (Å²) in [7, 11) is 0. The van der Waals surface area contributed by atoms with E-state index in [1.54, 1.807) is 24.4 Å². The highest BCUT2D eigenvalue weighted by molar-refractivity contribution is 7.15. The van der Waals surface area contributed by atoms with Crippen LogP contribution in [-0.4, -0.2) is 39.6 Å². The summed E-state index contributed by atoms with van der Waals surface area (Å²) in [6, 6.07) is 4.08. The molecule has 1 aromatic carbocycles. The molecule has 1 aromatic heterocycles. The van der Waals surface area contributed by atoms with Crippen molar-refractivity contribution in [3.8, 4) is 0 Å². The molecule has 0 aliphatic carbocycles. The molecule has 144 valence electrons. The molecule has 28 heavy (non-hydrogen) atoms. The smallest absolute Gasteiger partial charge is 0.262 e. The highest BCUT2D eigenvalue weighted by atomic mass is 32.1. The van der Waals surface area contributed by atoms with Gasteiger partial charge in [-0.05, 0) is 24.1 Å². The first-order chi connectivity index (χ1) is 13.4. The number of imide groups is 2. The second kappa shape index (κ2) is 7.13. The lowest BCUT2D eigenvalue weighted by Gasteiger charge is -2.27. The van der Waals surface area contributed by atoms with Crippen LogP contribution in [0, 0.1) is 0 Å². The summed E-state index contributed by atoms with van der Waals surface area (Å²) >= 11 is 1.40. The maximum absolute atomic E-state index is 12.8. The van der Waals surface area contributed by atoms with Crippen LogP contribution in [0.1, 0.15) is 44.0 Å². The van der Waals surface area contributed by atoms with Gasteiger partial charge in [-0.3, -0.25) is 29.4 Å². The van der Waals surface area contributed by atoms with Gasteiger partial charge in [0.15, 0.2) is 5.13 Å². The molecule has 1 unspecified atom stereocenters. The highest BCUT2D eigenvalue weighted by Crippen LogP contribution is 2.28. The van der Waals surface area contributed by atoms with Crippen molar-refractivity contribution in [2.24, 2.45) is 0 Å². The minimum atomic E-state index is -0.955. The number of benzene rings is 1. The van der Waals surface area contributed by atoms with Crippen molar-refractivity contribution >= 4 is 40.1 Å². The van der Waals surface area contributed by atoms with Crippen LogP contribution in [0.15, 0.2) is 24.4 Å². The van der Waals surface area contributed by atoms with Crippen LogP contribution in [0.2, 0.25) is 0 Å². The van der Waals surface area contributed by atoms with Crippen molar-refractivity contribution in [3.05, 3.63) is 46.0 Å². The zero-order valence-electron chi connectivity index (χ0n) is 14.7. The lowest BCUT2D eigenvalue weighted by molar-refractivity contribution is -0.136. The van der Waals surface area contributed by atoms with Gasteiger partial charge in [-0.2, -0.15) is 0 Å². The lowest BCUT2D eigenvalue weighted by Crippen LogP contribution is -2.54. The third-order valence-corrected chi connectivity index (χ3v) is 5.53. The van der Waals surface area contributed by atoms with Gasteiger partial charge in [0, 0.05) is 30.6 Å². The number of nitrogens with two attached hydrogens (primary N) is 1. The molecule has 3 heterocycles. The molecule has 1 atom stereocenters. The number of anilines is 1. The van der Waals surface area contributed by atoms with Crippen molar-refractivity contribution in [1.29, 1.82) is 0 Å². The monoisotopic (exact) mass is 399 g/mol. The summed E-state index contributed by atoms with van der Waals surface area (Å²) < 4.78 is 0. The van der Waals surface area contributed by atoms with Gasteiger partial charge in [0.1, 0.15) is 6.04 Å². The third-order valence-electron chi connectivity index (χ3n) is 4.70. The molecule has 9 nitrogen and oxygen atoms in total. The molecule has 0 bridgehead atoms. The predicted molar refractivity (Wildman–Crippen MR) is 100 cm³/mol. The van der Waals surface area contributed by atoms with E-state index < -0.39 is 29.7 Å². The Labute approximate surface area is 163 Å². The fourth-order valence-corrected chi connectivity index (χ4v) is 4.02. The number of hydrogen-bond acceptors (Lipinski definition) is 8. The standard InChI is InChI=1S/C18H17N5O4S/c19-18-21-8-10(28-18)7-20-6-9-1-2-11-12(5-9)17(27)23(16(11)26)13-3-4-14(24)22-15(13)25/h1-2,5,8,13,20H,3-4,6-7H2,(H2,19,21)(H,22,24,25). The minimum absolute atomic E-state index is 0.0983. The van der Waals surface area contributed by atoms with E-state index >= 15 is 0 Å². The Bertz CT molecular complexity index is 1000. The molecule has 2 aliphatic heterocycles. The second-order valence-corrected chi connectivity index (χ2v) is 7.74. The molecule has 4 rings (SSSR count). The Kier molecular flexibility index (Phi) is 4.65. The van der Waals surface area contributed by atoms with Crippen molar-refractivity contribution in [3.63, 3.8) is 0 Å². The van der Waals surface area contributed by atoms with Crippen molar-refractivity contribution < 1.29 is 19.2 Å². The number of thiazole rings is 1. The summed E-state index contributed by atoms with van der Waals surface area (Å²) in [5, 5.41) is 5.93. The number of hydrogen-bond donors (Lipinski definition) is 3. The summed E-state index contributed by atoms with van der Waals surface area (Å²) in [6.45, 7) is 1.08. The maximum atomic E-state index is 12.8. The average Bonchev–Trinajstić information content (AvgIpc) is 3.17. The Morgan fingerprint density at radius 1 is 1.18 bits per heavy atom. The normalized spacial score (nSPS) is 19.1. The Morgan fingerprint density at radius 2 is 1.96 bits per heavy atom. The van der Waals surface area contributed by atoms with Gasteiger partial charge in [-0.25, -0.2) is 4.98 Å². The fourth-order valence-electron chi connectivity index (χ4n) is 3.36. The van der Waals surface area contributed by atoms with E-state index in [0.29, 0.717) is 18.2 Å². The Morgan fingerprint density at radius 3 is 2.68 bits per heavy atom. The van der Waals surface area contributed by atoms with Crippen LogP contribution in [0.5, 0.6) is 0 Å². The predicted octanol–water partition coefficient (Wildman–Crippen LogP) is 0.416. The van der Waals surface area contributed by atoms with Crippen LogP contribution < -0.4 is 16.4 Å². The molecule has 2 aliphatic rings. The van der Waals surface area contributed by atoms with Gasteiger partial charge in [0.2, 0.25) is 11.8 Å². The fraction of sp³-hybridized carbons (Fsp3) is 0.278. The second-order valence-electron chi connectivity index (χ2n) is 6.60. The third kappa shape index (κ3) is 3.27. The van der Waals surface area contributed by atoms with E-state index in [4.69, 9.17) is 5.73 Å². The first-order valence-corrected chi connectivity index (χ1v) is 9.51. The molecule has 4 N–H and O–H groups in total. The van der Waals surface area contributed by atoms with Gasteiger partial charge in [-0.15, -0.1) is 11.3 Å². The van der Waals surface area contributed by atoms with Gasteiger partial charge >= 0.3 is 0 Å². The molecule has 10 heteroatoms. The highest BCUT2D eigenvalue weighted by Gasteiger charge is 2.44. The zero-order valence-corrected chi connectivity index (χ0v) is 15.5. The molecular formula is C18H17N5O4S. The van der Waals surface area contributed by atoms with E-state index in [0.717, 1.165) is 15.3 Å². The number of fused-ring (bicyclic) bond motifs is 1. The maximum Gasteiger partial charge on any atom is 0.262 e. The SMILES string of the molecule is Nc1ncc(CNCc2ccc3c(c2)C(=O)N(C2CCC(=O)NC2=O)C3=O)s1.